The van der Waals surface area contributed by atoms with Crippen molar-refractivity contribution < 1.29 is 4.79 Å². The Labute approximate surface area is 126 Å². The summed E-state index contributed by atoms with van der Waals surface area (Å²) in [6, 6.07) is 0. The van der Waals surface area contributed by atoms with Crippen LogP contribution in [0.25, 0.3) is 6.08 Å². The standard InChI is InChI=1S/C14H12Cl3NO/c1-18-6-5-8-10-7(11(15)13(17)12(8)16)3-2-4-9(10)14(18)19/h5-6,9H,2-4H2,1H3. The van der Waals surface area contributed by atoms with Gasteiger partial charge in [0.25, 0.3) is 0 Å². The summed E-state index contributed by atoms with van der Waals surface area (Å²) >= 11 is 18.8. The van der Waals surface area contributed by atoms with Crippen LogP contribution in [0.2, 0.25) is 15.1 Å². The van der Waals surface area contributed by atoms with E-state index in [1.54, 1.807) is 18.1 Å². The van der Waals surface area contributed by atoms with Crippen molar-refractivity contribution in [3.8, 4) is 0 Å². The molecule has 1 amide bonds. The van der Waals surface area contributed by atoms with Gasteiger partial charge in [-0.1, -0.05) is 34.8 Å². The van der Waals surface area contributed by atoms with Crippen LogP contribution < -0.4 is 0 Å². The van der Waals surface area contributed by atoms with Crippen molar-refractivity contribution in [2.45, 2.75) is 25.2 Å². The van der Waals surface area contributed by atoms with Crippen molar-refractivity contribution in [1.82, 2.24) is 4.90 Å². The molecule has 1 aliphatic carbocycles. The molecule has 19 heavy (non-hydrogen) atoms. The smallest absolute Gasteiger partial charge is 0.233 e. The van der Waals surface area contributed by atoms with Crippen molar-refractivity contribution in [1.29, 1.82) is 0 Å². The molecular formula is C14H12Cl3NO. The van der Waals surface area contributed by atoms with Gasteiger partial charge in [-0.15, -0.1) is 0 Å². The first-order chi connectivity index (χ1) is 9.02. The third kappa shape index (κ3) is 1.89. The predicted molar refractivity (Wildman–Crippen MR) is 79.0 cm³/mol. The molecule has 1 heterocycles. The number of nitrogens with zero attached hydrogens (tertiary/aromatic N) is 1. The molecule has 1 atom stereocenters. The van der Waals surface area contributed by atoms with Gasteiger partial charge in [0.05, 0.1) is 21.0 Å². The van der Waals surface area contributed by atoms with Gasteiger partial charge in [-0.25, -0.2) is 0 Å². The van der Waals surface area contributed by atoms with Crippen LogP contribution in [0.4, 0.5) is 0 Å². The van der Waals surface area contributed by atoms with E-state index < -0.39 is 0 Å². The number of benzene rings is 1. The van der Waals surface area contributed by atoms with Crippen LogP contribution in [0.1, 0.15) is 35.4 Å². The highest BCUT2D eigenvalue weighted by molar-refractivity contribution is 6.49. The highest BCUT2D eigenvalue weighted by Crippen LogP contribution is 2.47. The van der Waals surface area contributed by atoms with E-state index in [0.29, 0.717) is 15.1 Å². The molecule has 1 unspecified atom stereocenters. The van der Waals surface area contributed by atoms with Gasteiger partial charge in [0.2, 0.25) is 5.91 Å². The molecule has 0 saturated heterocycles. The lowest BCUT2D eigenvalue weighted by Gasteiger charge is -2.28. The molecule has 5 heteroatoms. The number of likely N-dealkylation sites (N-methyl/N-ethyl adjacent to an activating group) is 1. The number of rotatable bonds is 0. The molecule has 100 valence electrons. The second-order valence-electron chi connectivity index (χ2n) is 4.96. The van der Waals surface area contributed by atoms with E-state index in [2.05, 4.69) is 0 Å². The minimum atomic E-state index is -0.161. The molecule has 3 rings (SSSR count). The first-order valence-electron chi connectivity index (χ1n) is 6.16. The van der Waals surface area contributed by atoms with Crippen LogP contribution >= 0.6 is 34.8 Å². The van der Waals surface area contributed by atoms with E-state index in [9.17, 15) is 4.79 Å². The largest absolute Gasteiger partial charge is 0.322 e. The van der Waals surface area contributed by atoms with Crippen LogP contribution in [0, 0.1) is 0 Å². The maximum atomic E-state index is 12.4. The third-order valence-electron chi connectivity index (χ3n) is 3.88. The van der Waals surface area contributed by atoms with Crippen LogP contribution in [0.5, 0.6) is 0 Å². The summed E-state index contributed by atoms with van der Waals surface area (Å²) in [7, 11) is 1.76. The fourth-order valence-corrected chi connectivity index (χ4v) is 3.75. The quantitative estimate of drug-likeness (QED) is 0.645. The van der Waals surface area contributed by atoms with Crippen molar-refractivity contribution in [3.05, 3.63) is 38.0 Å². The summed E-state index contributed by atoms with van der Waals surface area (Å²) in [6.45, 7) is 0. The van der Waals surface area contributed by atoms with Gasteiger partial charge in [0, 0.05) is 18.8 Å². The molecular weight excluding hydrogens is 305 g/mol. The fraction of sp³-hybridized carbons (Fsp3) is 0.357. The van der Waals surface area contributed by atoms with Crippen LogP contribution in [-0.2, 0) is 11.2 Å². The Morgan fingerprint density at radius 1 is 1.21 bits per heavy atom. The summed E-state index contributed by atoms with van der Waals surface area (Å²) in [6.07, 6.45) is 6.21. The third-order valence-corrected chi connectivity index (χ3v) is 5.26. The summed E-state index contributed by atoms with van der Waals surface area (Å²) in [5.74, 6) is -0.0728. The van der Waals surface area contributed by atoms with Crippen LogP contribution in [0.15, 0.2) is 6.20 Å². The van der Waals surface area contributed by atoms with Gasteiger partial charge in [-0.2, -0.15) is 0 Å². The Balaban J connectivity index is 2.36. The van der Waals surface area contributed by atoms with E-state index in [4.69, 9.17) is 34.8 Å². The van der Waals surface area contributed by atoms with E-state index in [-0.39, 0.29) is 11.8 Å². The number of hydrogen-bond donors (Lipinski definition) is 0. The lowest BCUT2D eigenvalue weighted by Crippen LogP contribution is -2.29. The topological polar surface area (TPSA) is 20.3 Å². The maximum absolute atomic E-state index is 12.4. The fourth-order valence-electron chi connectivity index (χ4n) is 2.93. The average molecular weight is 317 g/mol. The first-order valence-corrected chi connectivity index (χ1v) is 7.30. The van der Waals surface area contributed by atoms with Gasteiger partial charge in [-0.05, 0) is 36.5 Å². The molecule has 1 aromatic carbocycles. The normalized spacial score (nSPS) is 21.4. The zero-order valence-corrected chi connectivity index (χ0v) is 12.6. The number of carbonyl (C=O) groups is 1. The van der Waals surface area contributed by atoms with Gasteiger partial charge in [-0.3, -0.25) is 4.79 Å². The highest BCUT2D eigenvalue weighted by atomic mass is 35.5. The van der Waals surface area contributed by atoms with E-state index in [1.165, 1.54) is 0 Å². The van der Waals surface area contributed by atoms with Gasteiger partial charge in [0.15, 0.2) is 0 Å². The van der Waals surface area contributed by atoms with Crippen molar-refractivity contribution >= 4 is 46.8 Å². The lowest BCUT2D eigenvalue weighted by atomic mass is 9.80. The van der Waals surface area contributed by atoms with Gasteiger partial charge < -0.3 is 4.90 Å². The maximum Gasteiger partial charge on any atom is 0.233 e. The zero-order chi connectivity index (χ0) is 13.7. The Hall–Kier alpha value is -0.700. The van der Waals surface area contributed by atoms with Crippen molar-refractivity contribution in [3.63, 3.8) is 0 Å². The van der Waals surface area contributed by atoms with Gasteiger partial charge in [0.1, 0.15) is 0 Å². The molecule has 0 fully saturated rings. The summed E-state index contributed by atoms with van der Waals surface area (Å²) in [5, 5.41) is 1.33. The number of hydrogen-bond acceptors (Lipinski definition) is 1. The number of halogens is 3. The second kappa shape index (κ2) is 4.69. The van der Waals surface area contributed by atoms with Crippen molar-refractivity contribution in [2.24, 2.45) is 0 Å². The van der Waals surface area contributed by atoms with Crippen LogP contribution in [0.3, 0.4) is 0 Å². The predicted octanol–water partition coefficient (Wildman–Crippen LogP) is 4.51. The number of carbonyl (C=O) groups excluding carboxylic acids is 1. The monoisotopic (exact) mass is 315 g/mol. The second-order valence-corrected chi connectivity index (χ2v) is 6.09. The van der Waals surface area contributed by atoms with Crippen LogP contribution in [-0.4, -0.2) is 17.9 Å². The molecule has 0 N–H and O–H groups in total. The Kier molecular flexibility index (Phi) is 3.28. The lowest BCUT2D eigenvalue weighted by molar-refractivity contribution is -0.129. The summed E-state index contributed by atoms with van der Waals surface area (Å²) in [4.78, 5) is 14.0. The van der Waals surface area contributed by atoms with E-state index >= 15 is 0 Å². The van der Waals surface area contributed by atoms with E-state index in [1.807, 2.05) is 6.08 Å². The van der Waals surface area contributed by atoms with E-state index in [0.717, 1.165) is 36.0 Å². The molecule has 2 aliphatic rings. The summed E-state index contributed by atoms with van der Waals surface area (Å²) < 4.78 is 0. The Morgan fingerprint density at radius 3 is 2.68 bits per heavy atom. The molecule has 1 aromatic rings. The molecule has 0 radical (unpaired) electrons. The first kappa shape index (κ1) is 13.3. The molecule has 0 spiro atoms. The minimum Gasteiger partial charge on any atom is -0.322 e. The molecule has 1 aliphatic heterocycles. The highest BCUT2D eigenvalue weighted by Gasteiger charge is 2.35. The summed E-state index contributed by atoms with van der Waals surface area (Å²) in [5.41, 5.74) is 2.79. The molecule has 2 nitrogen and oxygen atoms in total. The molecule has 0 saturated carbocycles. The molecule has 0 aromatic heterocycles. The molecule has 0 bridgehead atoms. The zero-order valence-electron chi connectivity index (χ0n) is 10.3. The average Bonchev–Trinajstić information content (AvgIpc) is 2.54. The Bertz CT molecular complexity index is 609. The number of amides is 1. The van der Waals surface area contributed by atoms with Crippen molar-refractivity contribution in [2.75, 3.05) is 7.05 Å². The minimum absolute atomic E-state index is 0.0883. The Morgan fingerprint density at radius 2 is 1.95 bits per heavy atom. The van der Waals surface area contributed by atoms with Gasteiger partial charge >= 0.3 is 0 Å². The SMILES string of the molecule is CN1C=Cc2c(Cl)c(Cl)c(Cl)c3c2C(CCC3)C1=O.